The molecule has 52 heavy (non-hydrogen) atoms. The topological polar surface area (TPSA) is 16.4 Å². The van der Waals surface area contributed by atoms with Crippen molar-refractivity contribution in [3.63, 3.8) is 0 Å². The summed E-state index contributed by atoms with van der Waals surface area (Å²) in [7, 11) is 0. The van der Waals surface area contributed by atoms with Crippen molar-refractivity contribution in [3.8, 4) is 22.3 Å². The van der Waals surface area contributed by atoms with Crippen molar-refractivity contribution in [3.05, 3.63) is 176 Å². The smallest absolute Gasteiger partial charge is 0.145 e. The molecule has 4 heteroatoms. The molecule has 0 bridgehead atoms. The summed E-state index contributed by atoms with van der Waals surface area (Å²) in [6.45, 7) is 0. The van der Waals surface area contributed by atoms with E-state index < -0.39 is 0 Å². The van der Waals surface area contributed by atoms with Gasteiger partial charge in [-0.15, -0.1) is 22.7 Å². The summed E-state index contributed by atoms with van der Waals surface area (Å²) < 4.78 is 11.9. The van der Waals surface area contributed by atoms with Crippen LogP contribution in [0.3, 0.4) is 0 Å². The Hall–Kier alpha value is -6.20. The van der Waals surface area contributed by atoms with Crippen molar-refractivity contribution in [2.75, 3.05) is 4.90 Å². The minimum Gasteiger partial charge on any atom is -0.455 e. The van der Waals surface area contributed by atoms with Gasteiger partial charge in [-0.3, -0.25) is 0 Å². The second kappa shape index (κ2) is 11.7. The highest BCUT2D eigenvalue weighted by molar-refractivity contribution is 7.26. The van der Waals surface area contributed by atoms with Gasteiger partial charge < -0.3 is 9.32 Å². The Labute approximate surface area is 308 Å². The predicted molar refractivity (Wildman–Crippen MR) is 225 cm³/mol. The van der Waals surface area contributed by atoms with Gasteiger partial charge in [0.15, 0.2) is 0 Å². The standard InChI is InChI=1S/C48H29NOS2/c1-3-12-30(13-4-1)34-18-11-21-44-46(34)39-28-32(23-27-43(39)51-44)49(33-22-24-37-36-16-8-10-20-42(36)52-45(37)29-33)40-26-25-35(31-14-5-2-6-15-31)48-47(40)38-17-7-9-19-41(38)50-48/h1-29H. The number of fused-ring (bicyclic) bond motifs is 9. The molecule has 0 unspecified atom stereocenters. The Balaban J connectivity index is 1.22. The lowest BCUT2D eigenvalue weighted by Gasteiger charge is -2.27. The average molecular weight is 700 g/mol. The minimum atomic E-state index is 0.883. The molecular weight excluding hydrogens is 671 g/mol. The average Bonchev–Trinajstić information content (AvgIpc) is 3.90. The number of hydrogen-bond acceptors (Lipinski definition) is 4. The van der Waals surface area contributed by atoms with Crippen molar-refractivity contribution in [1.29, 1.82) is 0 Å². The van der Waals surface area contributed by atoms with E-state index in [1.807, 2.05) is 22.7 Å². The van der Waals surface area contributed by atoms with Crippen LogP contribution in [0.1, 0.15) is 0 Å². The number of hydrogen-bond donors (Lipinski definition) is 0. The molecule has 0 aliphatic rings. The van der Waals surface area contributed by atoms with Gasteiger partial charge in [-0.1, -0.05) is 115 Å². The van der Waals surface area contributed by atoms with Gasteiger partial charge in [0.2, 0.25) is 0 Å². The van der Waals surface area contributed by atoms with Crippen LogP contribution < -0.4 is 4.90 Å². The molecule has 11 aromatic rings. The molecule has 0 saturated heterocycles. The lowest BCUT2D eigenvalue weighted by molar-refractivity contribution is 0.670. The van der Waals surface area contributed by atoms with Gasteiger partial charge in [-0.05, 0) is 77.4 Å². The number of furan rings is 1. The van der Waals surface area contributed by atoms with Gasteiger partial charge in [-0.2, -0.15) is 0 Å². The van der Waals surface area contributed by atoms with Crippen molar-refractivity contribution in [2.24, 2.45) is 0 Å². The third-order valence-corrected chi connectivity index (χ3v) is 12.5. The van der Waals surface area contributed by atoms with Gasteiger partial charge in [0, 0.05) is 62.7 Å². The SMILES string of the molecule is c1ccc(-c2ccc(N(c3ccc4c(c3)sc3ccccc34)c3ccc4sc5cccc(-c6ccccc6)c5c4c3)c3c2oc2ccccc23)cc1. The Kier molecular flexibility index (Phi) is 6.63. The molecule has 0 radical (unpaired) electrons. The Morgan fingerprint density at radius 2 is 1.02 bits per heavy atom. The molecule has 0 aliphatic carbocycles. The first-order valence-corrected chi connectivity index (χ1v) is 19.1. The number of para-hydroxylation sites is 1. The molecule has 0 saturated carbocycles. The highest BCUT2D eigenvalue weighted by Crippen LogP contribution is 2.49. The normalized spacial score (nSPS) is 11.8. The number of benzene rings is 8. The number of rotatable bonds is 5. The lowest BCUT2D eigenvalue weighted by Crippen LogP contribution is -2.10. The molecule has 0 amide bonds. The van der Waals surface area contributed by atoms with Gasteiger partial charge in [0.05, 0.1) is 11.1 Å². The summed E-state index contributed by atoms with van der Waals surface area (Å²) in [4.78, 5) is 2.44. The third-order valence-electron chi connectivity index (χ3n) is 10.3. The summed E-state index contributed by atoms with van der Waals surface area (Å²) in [5, 5.41) is 7.36. The first-order chi connectivity index (χ1) is 25.8. The Morgan fingerprint density at radius 3 is 1.87 bits per heavy atom. The second-order valence-electron chi connectivity index (χ2n) is 13.2. The summed E-state index contributed by atoms with van der Waals surface area (Å²) in [5.74, 6) is 0. The molecule has 8 aromatic carbocycles. The number of nitrogens with zero attached hydrogens (tertiary/aromatic N) is 1. The molecule has 3 heterocycles. The van der Waals surface area contributed by atoms with Crippen molar-refractivity contribution in [1.82, 2.24) is 0 Å². The largest absolute Gasteiger partial charge is 0.455 e. The van der Waals surface area contributed by atoms with E-state index in [-0.39, 0.29) is 0 Å². The van der Waals surface area contributed by atoms with Crippen LogP contribution >= 0.6 is 22.7 Å². The van der Waals surface area contributed by atoms with E-state index in [1.54, 1.807) is 0 Å². The van der Waals surface area contributed by atoms with E-state index in [2.05, 4.69) is 181 Å². The Bertz CT molecular complexity index is 3130. The number of thiophene rings is 2. The maximum Gasteiger partial charge on any atom is 0.145 e. The van der Waals surface area contributed by atoms with E-state index in [0.717, 1.165) is 50.1 Å². The zero-order valence-corrected chi connectivity index (χ0v) is 29.5. The van der Waals surface area contributed by atoms with E-state index in [0.29, 0.717) is 0 Å². The molecule has 3 aromatic heterocycles. The van der Waals surface area contributed by atoms with Crippen LogP contribution in [0.25, 0.3) is 84.5 Å². The fraction of sp³-hybridized carbons (Fsp3) is 0. The Morgan fingerprint density at radius 1 is 0.385 bits per heavy atom. The van der Waals surface area contributed by atoms with E-state index in [4.69, 9.17) is 4.42 Å². The summed E-state index contributed by atoms with van der Waals surface area (Å²) in [6, 6.07) is 63.6. The van der Waals surface area contributed by atoms with Gasteiger partial charge in [0.1, 0.15) is 11.2 Å². The zero-order chi connectivity index (χ0) is 34.2. The molecule has 0 fully saturated rings. The molecule has 0 spiro atoms. The molecule has 0 aliphatic heterocycles. The molecule has 11 rings (SSSR count). The van der Waals surface area contributed by atoms with Crippen LogP contribution in [0, 0.1) is 0 Å². The number of anilines is 3. The molecular formula is C48H29NOS2. The lowest BCUT2D eigenvalue weighted by atomic mass is 9.98. The van der Waals surface area contributed by atoms with Gasteiger partial charge >= 0.3 is 0 Å². The summed E-state index contributed by atoms with van der Waals surface area (Å²) in [6.07, 6.45) is 0. The molecule has 0 atom stereocenters. The van der Waals surface area contributed by atoms with Crippen LogP contribution in [-0.2, 0) is 0 Å². The van der Waals surface area contributed by atoms with Crippen LogP contribution in [0.5, 0.6) is 0 Å². The molecule has 2 nitrogen and oxygen atoms in total. The van der Waals surface area contributed by atoms with Crippen LogP contribution in [0.4, 0.5) is 17.1 Å². The summed E-state index contributed by atoms with van der Waals surface area (Å²) in [5.41, 5.74) is 9.79. The fourth-order valence-corrected chi connectivity index (χ4v) is 10.2. The van der Waals surface area contributed by atoms with Crippen LogP contribution in [0.2, 0.25) is 0 Å². The zero-order valence-electron chi connectivity index (χ0n) is 27.9. The van der Waals surface area contributed by atoms with Gasteiger partial charge in [-0.25, -0.2) is 0 Å². The first kappa shape index (κ1) is 29.5. The monoisotopic (exact) mass is 699 g/mol. The van der Waals surface area contributed by atoms with E-state index in [9.17, 15) is 0 Å². The molecule has 0 N–H and O–H groups in total. The van der Waals surface area contributed by atoms with Crippen molar-refractivity contribution >= 4 is 102 Å². The maximum atomic E-state index is 6.77. The third kappa shape index (κ3) is 4.55. The first-order valence-electron chi connectivity index (χ1n) is 17.5. The van der Waals surface area contributed by atoms with Crippen molar-refractivity contribution < 1.29 is 4.42 Å². The maximum absolute atomic E-state index is 6.77. The van der Waals surface area contributed by atoms with Crippen LogP contribution in [-0.4, -0.2) is 0 Å². The predicted octanol–water partition coefficient (Wildman–Crippen LogP) is 15.1. The second-order valence-corrected chi connectivity index (χ2v) is 15.4. The van der Waals surface area contributed by atoms with Gasteiger partial charge in [0.25, 0.3) is 0 Å². The highest BCUT2D eigenvalue weighted by Gasteiger charge is 2.23. The van der Waals surface area contributed by atoms with Crippen LogP contribution in [0.15, 0.2) is 180 Å². The highest BCUT2D eigenvalue weighted by atomic mass is 32.1. The van der Waals surface area contributed by atoms with Crippen molar-refractivity contribution in [2.45, 2.75) is 0 Å². The quantitative estimate of drug-likeness (QED) is 0.178. The van der Waals surface area contributed by atoms with E-state index >= 15 is 0 Å². The fourth-order valence-electron chi connectivity index (χ4n) is 7.94. The molecule has 244 valence electrons. The minimum absolute atomic E-state index is 0.883. The van der Waals surface area contributed by atoms with E-state index in [1.165, 1.54) is 51.5 Å². The summed E-state index contributed by atoms with van der Waals surface area (Å²) >= 11 is 3.71.